The Morgan fingerprint density at radius 2 is 1.54 bits per heavy atom. The van der Waals surface area contributed by atoms with Gasteiger partial charge >= 0.3 is 0 Å². The predicted octanol–water partition coefficient (Wildman–Crippen LogP) is 6.90. The quantitative estimate of drug-likeness (QED) is 0.0525. The Hall–Kier alpha value is -6.64. The number of aliphatic imine (C=N–C) groups is 1. The molecule has 5 heterocycles. The molecular formula is C55H65N9O8S2. The second-order valence-electron chi connectivity index (χ2n) is 19.9. The Morgan fingerprint density at radius 3 is 2.20 bits per heavy atom. The molecule has 0 bridgehead atoms. The minimum absolute atomic E-state index is 0.0395. The van der Waals surface area contributed by atoms with Gasteiger partial charge < -0.3 is 40.5 Å². The standard InChI is InChI=1S/C55H65N9O8S2/c1-31-34(4)74-54-47(31)48(59-43(51-62-61-35(5)64(51)54)27-45(67)56-22-25-71-24-9-23-65)39-14-12-37(13-15-39)38-18-20-42(21-19-38)72-29-46(68)60-50(55(6,7)8)53(70)63-28-41(66)26-44(63)52(69)58-32(2)36-10-16-40(17-11-36)49-33(3)57-30-73-49/h10-21,30,32,41,43-44,50,65-66H,9,22-29H2,1-8H3,(H,56,67)(H,58,69)(H,60,68)/t32?,41-,43+,44+,50?/m1/s1. The van der Waals surface area contributed by atoms with E-state index in [0.29, 0.717) is 43.6 Å². The molecule has 0 radical (unpaired) electrons. The van der Waals surface area contributed by atoms with Crippen LogP contribution in [0.15, 0.2) is 83.3 Å². The van der Waals surface area contributed by atoms with E-state index in [1.807, 2.05) is 112 Å². The first-order valence-electron chi connectivity index (χ1n) is 24.9. The molecule has 8 rings (SSSR count). The van der Waals surface area contributed by atoms with E-state index < -0.39 is 41.5 Å². The predicted molar refractivity (Wildman–Crippen MR) is 286 cm³/mol. The van der Waals surface area contributed by atoms with E-state index in [9.17, 15) is 24.3 Å². The second kappa shape index (κ2) is 23.3. The fraction of sp³-hybridized carbons (Fsp3) is 0.418. The largest absolute Gasteiger partial charge is 0.484 e. The zero-order valence-electron chi connectivity index (χ0n) is 43.1. The van der Waals surface area contributed by atoms with Crippen molar-refractivity contribution in [2.24, 2.45) is 10.4 Å². The molecule has 3 aromatic heterocycles. The molecule has 17 nitrogen and oxygen atoms in total. The van der Waals surface area contributed by atoms with Crippen molar-refractivity contribution in [3.05, 3.63) is 123 Å². The van der Waals surface area contributed by atoms with Crippen molar-refractivity contribution >= 4 is 52.0 Å². The number of thiophene rings is 1. The Bertz CT molecular complexity index is 3000. The number of aryl methyl sites for hydroxylation is 3. The third-order valence-electron chi connectivity index (χ3n) is 13.4. The Labute approximate surface area is 439 Å². The number of aliphatic hydroxyl groups excluding tert-OH is 2. The fourth-order valence-corrected chi connectivity index (χ4v) is 11.3. The van der Waals surface area contributed by atoms with Gasteiger partial charge in [0, 0.05) is 48.7 Å². The molecular weight excluding hydrogens is 979 g/mol. The van der Waals surface area contributed by atoms with Crippen LogP contribution in [0.5, 0.6) is 5.75 Å². The lowest BCUT2D eigenvalue weighted by Gasteiger charge is -2.35. The van der Waals surface area contributed by atoms with Gasteiger partial charge in [0.05, 0.1) is 47.0 Å². The fourth-order valence-electron chi connectivity index (χ4n) is 9.23. The summed E-state index contributed by atoms with van der Waals surface area (Å²) < 4.78 is 13.4. The van der Waals surface area contributed by atoms with Gasteiger partial charge in [0.1, 0.15) is 34.7 Å². The molecule has 2 aliphatic rings. The van der Waals surface area contributed by atoms with Gasteiger partial charge in [-0.05, 0) is 86.4 Å². The molecule has 1 saturated heterocycles. The van der Waals surface area contributed by atoms with Crippen LogP contribution in [0.1, 0.15) is 104 Å². The lowest BCUT2D eigenvalue weighted by atomic mass is 9.85. The lowest BCUT2D eigenvalue weighted by Crippen LogP contribution is -2.58. The highest BCUT2D eigenvalue weighted by atomic mass is 32.1. The van der Waals surface area contributed by atoms with Crippen molar-refractivity contribution in [1.82, 2.24) is 40.6 Å². The van der Waals surface area contributed by atoms with Crippen molar-refractivity contribution in [2.45, 2.75) is 105 Å². The highest BCUT2D eigenvalue weighted by molar-refractivity contribution is 7.15. The van der Waals surface area contributed by atoms with Crippen LogP contribution in [0.25, 0.3) is 26.6 Å². The number of benzene rings is 3. The van der Waals surface area contributed by atoms with Gasteiger partial charge in [-0.15, -0.1) is 32.9 Å². The van der Waals surface area contributed by atoms with E-state index in [1.165, 1.54) is 4.90 Å². The van der Waals surface area contributed by atoms with E-state index in [-0.39, 0.29) is 50.5 Å². The van der Waals surface area contributed by atoms with Crippen LogP contribution in [-0.2, 0) is 23.9 Å². The first-order chi connectivity index (χ1) is 35.4. The molecule has 0 spiro atoms. The minimum atomic E-state index is -1.01. The van der Waals surface area contributed by atoms with Crippen molar-refractivity contribution < 1.29 is 38.9 Å². The van der Waals surface area contributed by atoms with Crippen molar-refractivity contribution in [3.8, 4) is 32.3 Å². The Balaban J connectivity index is 0.899. The maximum Gasteiger partial charge on any atom is 0.258 e. The SMILES string of the molecule is Cc1ncsc1-c1ccc(C(C)NC(=O)[C@@H]2C[C@@H](O)CN2C(=O)C(NC(=O)COc2ccc(-c3ccc(C4=N[C@@H](CC(=O)NCCOCCCO)c5nnc(C)n5-c5sc(C)c(C)c54)cc3)cc2)C(C)(C)C)cc1. The van der Waals surface area contributed by atoms with Crippen LogP contribution in [0.3, 0.4) is 0 Å². The molecule has 19 heteroatoms. The molecule has 2 unspecified atom stereocenters. The lowest BCUT2D eigenvalue weighted by molar-refractivity contribution is -0.144. The number of ether oxygens (including phenoxy) is 2. The second-order valence-corrected chi connectivity index (χ2v) is 22.0. The Morgan fingerprint density at radius 1 is 0.865 bits per heavy atom. The van der Waals surface area contributed by atoms with Crippen molar-refractivity contribution in [3.63, 3.8) is 0 Å². The zero-order valence-corrected chi connectivity index (χ0v) is 44.7. The van der Waals surface area contributed by atoms with Gasteiger partial charge in [0.2, 0.25) is 17.7 Å². The molecule has 1 fully saturated rings. The smallest absolute Gasteiger partial charge is 0.258 e. The normalized spacial score (nSPS) is 17.1. The summed E-state index contributed by atoms with van der Waals surface area (Å²) in [4.78, 5) is 68.0. The Kier molecular flexibility index (Phi) is 16.9. The van der Waals surface area contributed by atoms with Gasteiger partial charge in [-0.2, -0.15) is 0 Å². The highest BCUT2D eigenvalue weighted by Gasteiger charge is 2.45. The average molecular weight is 1040 g/mol. The number of fused-ring (bicyclic) bond motifs is 3. The van der Waals surface area contributed by atoms with E-state index in [4.69, 9.17) is 19.6 Å². The summed E-state index contributed by atoms with van der Waals surface area (Å²) in [5.41, 5.74) is 9.51. The maximum absolute atomic E-state index is 14.3. The molecule has 2 aliphatic heterocycles. The van der Waals surface area contributed by atoms with Gasteiger partial charge in [-0.25, -0.2) is 4.98 Å². The summed E-state index contributed by atoms with van der Waals surface area (Å²) in [5, 5.41) is 38.5. The van der Waals surface area contributed by atoms with Gasteiger partial charge in [-0.3, -0.25) is 28.7 Å². The van der Waals surface area contributed by atoms with Gasteiger partial charge in [0.25, 0.3) is 5.91 Å². The number of aliphatic hydroxyl groups is 2. The first kappa shape index (κ1) is 53.6. The van der Waals surface area contributed by atoms with Crippen LogP contribution in [-0.4, -0.2) is 122 Å². The van der Waals surface area contributed by atoms with E-state index >= 15 is 0 Å². The third kappa shape index (κ3) is 12.1. The molecule has 4 amide bonds. The number of hydrogen-bond donors (Lipinski definition) is 5. The van der Waals surface area contributed by atoms with Crippen LogP contribution in [0, 0.1) is 33.1 Å². The number of β-amino-alcohol motifs (C(OH)–C–C–N with tert-alkyl or cyclic N) is 1. The number of hydrogen-bond acceptors (Lipinski definition) is 14. The molecule has 5 atom stereocenters. The average Bonchev–Trinajstić information content (AvgIpc) is 4.15. The topological polar surface area (TPSA) is 222 Å². The number of amides is 4. The number of nitrogens with zero attached hydrogens (tertiary/aromatic N) is 6. The molecule has 5 N–H and O–H groups in total. The van der Waals surface area contributed by atoms with E-state index in [0.717, 1.165) is 65.1 Å². The van der Waals surface area contributed by atoms with Gasteiger partial charge in [-0.1, -0.05) is 81.4 Å². The molecule has 390 valence electrons. The van der Waals surface area contributed by atoms with Crippen LogP contribution in [0.2, 0.25) is 0 Å². The van der Waals surface area contributed by atoms with Crippen molar-refractivity contribution in [2.75, 3.05) is 39.5 Å². The van der Waals surface area contributed by atoms with Crippen LogP contribution in [0.4, 0.5) is 0 Å². The first-order valence-corrected chi connectivity index (χ1v) is 26.6. The summed E-state index contributed by atoms with van der Waals surface area (Å²) in [7, 11) is 0. The van der Waals surface area contributed by atoms with Crippen LogP contribution < -0.4 is 20.7 Å². The number of aromatic nitrogens is 4. The summed E-state index contributed by atoms with van der Waals surface area (Å²) in [5.74, 6) is 0.209. The molecule has 0 aliphatic carbocycles. The van der Waals surface area contributed by atoms with Crippen LogP contribution >= 0.6 is 22.7 Å². The monoisotopic (exact) mass is 1040 g/mol. The summed E-state index contributed by atoms with van der Waals surface area (Å²) in [6.07, 6.45) is -0.231. The van der Waals surface area contributed by atoms with Crippen molar-refractivity contribution in [1.29, 1.82) is 0 Å². The zero-order chi connectivity index (χ0) is 52.8. The van der Waals surface area contributed by atoms with E-state index in [2.05, 4.69) is 45.0 Å². The molecule has 6 aromatic rings. The number of thiazole rings is 1. The minimum Gasteiger partial charge on any atom is -0.484 e. The molecule has 3 aromatic carbocycles. The van der Waals surface area contributed by atoms with Gasteiger partial charge in [0.15, 0.2) is 12.4 Å². The molecule has 0 saturated carbocycles. The number of carbonyl (C=O) groups is 4. The summed E-state index contributed by atoms with van der Waals surface area (Å²) >= 11 is 3.21. The highest BCUT2D eigenvalue weighted by Crippen LogP contribution is 2.40. The summed E-state index contributed by atoms with van der Waals surface area (Å²) in [6, 6.07) is 20.5. The molecule has 74 heavy (non-hydrogen) atoms. The summed E-state index contributed by atoms with van der Waals surface area (Å²) in [6.45, 7) is 16.2. The maximum atomic E-state index is 14.3. The number of likely N-dealkylation sites (tertiary alicyclic amines) is 1. The number of nitrogens with one attached hydrogen (secondary N) is 3. The van der Waals surface area contributed by atoms with E-state index in [1.54, 1.807) is 34.8 Å². The number of rotatable bonds is 19. The number of carbonyl (C=O) groups excluding carboxylic acids is 4. The third-order valence-corrected chi connectivity index (χ3v) is 15.6.